The van der Waals surface area contributed by atoms with Crippen LogP contribution in [0.15, 0.2) is 24.3 Å². The van der Waals surface area contributed by atoms with Gasteiger partial charge in [0.05, 0.1) is 0 Å². The molecule has 134 valence electrons. The number of piperazine rings is 1. The molecular weight excluding hydrogens is 336 g/mol. The molecule has 1 aromatic carbocycles. The number of nitrogens with one attached hydrogen (secondary N) is 1. The summed E-state index contributed by atoms with van der Waals surface area (Å²) in [5, 5.41) is 7.95. The molecule has 1 aliphatic heterocycles. The minimum Gasteiger partial charge on any atom is -0.368 e. The van der Waals surface area contributed by atoms with Crippen molar-refractivity contribution in [2.45, 2.75) is 33.1 Å². The van der Waals surface area contributed by atoms with Gasteiger partial charge in [0.25, 0.3) is 5.91 Å². The molecule has 1 fully saturated rings. The number of aromatic amines is 1. The van der Waals surface area contributed by atoms with Crippen molar-refractivity contribution in [1.82, 2.24) is 15.1 Å². The van der Waals surface area contributed by atoms with Crippen molar-refractivity contribution in [1.29, 1.82) is 0 Å². The molecule has 1 saturated heterocycles. The maximum absolute atomic E-state index is 12.7. The number of aromatic nitrogens is 2. The number of aryl methyl sites for hydroxylation is 1. The van der Waals surface area contributed by atoms with Gasteiger partial charge in [0, 0.05) is 48.0 Å². The van der Waals surface area contributed by atoms with Crippen LogP contribution in [0.2, 0.25) is 5.02 Å². The predicted molar refractivity (Wildman–Crippen MR) is 102 cm³/mol. The Morgan fingerprint density at radius 3 is 2.44 bits per heavy atom. The van der Waals surface area contributed by atoms with Gasteiger partial charge in [-0.25, -0.2) is 0 Å². The van der Waals surface area contributed by atoms with Crippen LogP contribution < -0.4 is 4.90 Å². The van der Waals surface area contributed by atoms with Gasteiger partial charge < -0.3 is 9.80 Å². The summed E-state index contributed by atoms with van der Waals surface area (Å²) < 4.78 is 0. The van der Waals surface area contributed by atoms with Gasteiger partial charge in [-0.05, 0) is 30.7 Å². The quantitative estimate of drug-likeness (QED) is 0.889. The fourth-order valence-corrected chi connectivity index (χ4v) is 3.22. The molecule has 1 aromatic heterocycles. The average Bonchev–Trinajstić information content (AvgIpc) is 3.07. The van der Waals surface area contributed by atoms with E-state index in [-0.39, 0.29) is 11.3 Å². The Morgan fingerprint density at radius 1 is 1.16 bits per heavy atom. The van der Waals surface area contributed by atoms with Crippen LogP contribution >= 0.6 is 11.6 Å². The van der Waals surface area contributed by atoms with Crippen LogP contribution in [0.3, 0.4) is 0 Å². The lowest BCUT2D eigenvalue weighted by Crippen LogP contribution is -2.49. The molecule has 0 radical (unpaired) electrons. The lowest BCUT2D eigenvalue weighted by Gasteiger charge is -2.36. The van der Waals surface area contributed by atoms with Crippen LogP contribution in [0.5, 0.6) is 0 Å². The third kappa shape index (κ3) is 3.82. The van der Waals surface area contributed by atoms with Crippen LogP contribution in [-0.4, -0.2) is 47.2 Å². The summed E-state index contributed by atoms with van der Waals surface area (Å²) >= 11 is 6.13. The third-order valence-corrected chi connectivity index (χ3v) is 4.92. The van der Waals surface area contributed by atoms with E-state index >= 15 is 0 Å². The second kappa shape index (κ2) is 6.71. The van der Waals surface area contributed by atoms with Crippen LogP contribution in [0, 0.1) is 6.92 Å². The smallest absolute Gasteiger partial charge is 0.274 e. The second-order valence-corrected chi connectivity index (χ2v) is 8.06. The monoisotopic (exact) mass is 360 g/mol. The molecule has 2 heterocycles. The van der Waals surface area contributed by atoms with Crippen LogP contribution in [0.1, 0.15) is 42.5 Å². The van der Waals surface area contributed by atoms with Gasteiger partial charge in [-0.2, -0.15) is 5.10 Å². The number of halogens is 1. The van der Waals surface area contributed by atoms with Crippen LogP contribution in [0.4, 0.5) is 5.69 Å². The fraction of sp³-hybridized carbons (Fsp3) is 0.474. The number of benzene rings is 1. The summed E-state index contributed by atoms with van der Waals surface area (Å²) in [6.45, 7) is 11.3. The first-order chi connectivity index (χ1) is 11.8. The molecule has 1 aliphatic rings. The number of anilines is 1. The molecular formula is C19H25ClN4O. The molecule has 25 heavy (non-hydrogen) atoms. The maximum atomic E-state index is 12.7. The number of carbonyl (C=O) groups excluding carboxylic acids is 1. The van der Waals surface area contributed by atoms with Gasteiger partial charge >= 0.3 is 0 Å². The summed E-state index contributed by atoms with van der Waals surface area (Å²) in [6, 6.07) is 7.81. The molecule has 3 rings (SSSR count). The molecule has 1 N–H and O–H groups in total. The Hall–Kier alpha value is -2.01. The topological polar surface area (TPSA) is 52.2 Å². The highest BCUT2D eigenvalue weighted by molar-refractivity contribution is 6.30. The molecule has 5 nitrogen and oxygen atoms in total. The number of nitrogens with zero attached hydrogens (tertiary/aromatic N) is 3. The number of H-pyrrole nitrogens is 1. The van der Waals surface area contributed by atoms with E-state index < -0.39 is 0 Å². The zero-order chi connectivity index (χ0) is 18.2. The number of hydrogen-bond acceptors (Lipinski definition) is 3. The van der Waals surface area contributed by atoms with Gasteiger partial charge in [0.2, 0.25) is 0 Å². The highest BCUT2D eigenvalue weighted by Crippen LogP contribution is 2.26. The van der Waals surface area contributed by atoms with E-state index in [1.54, 1.807) is 0 Å². The Morgan fingerprint density at radius 2 is 1.84 bits per heavy atom. The lowest BCUT2D eigenvalue weighted by atomic mass is 9.92. The molecule has 0 aliphatic carbocycles. The minimum absolute atomic E-state index is 0.00536. The number of rotatable bonds is 2. The van der Waals surface area contributed by atoms with E-state index in [9.17, 15) is 4.79 Å². The molecule has 0 spiro atoms. The summed E-state index contributed by atoms with van der Waals surface area (Å²) in [6.07, 6.45) is 0. The van der Waals surface area contributed by atoms with E-state index in [0.29, 0.717) is 18.8 Å². The Balaban J connectivity index is 1.67. The standard InChI is InChI=1S/C19H25ClN4O/c1-13-5-6-14(20)11-16(13)23-7-9-24(10-8-23)18(25)15-12-17(22-21-15)19(2,3)4/h5-6,11-12H,7-10H2,1-4H3,(H,21,22). The first-order valence-electron chi connectivity index (χ1n) is 8.62. The first-order valence-corrected chi connectivity index (χ1v) is 9.00. The third-order valence-electron chi connectivity index (χ3n) is 4.68. The summed E-state index contributed by atoms with van der Waals surface area (Å²) in [7, 11) is 0. The largest absolute Gasteiger partial charge is 0.368 e. The second-order valence-electron chi connectivity index (χ2n) is 7.63. The molecule has 1 amide bonds. The zero-order valence-corrected chi connectivity index (χ0v) is 16.0. The summed E-state index contributed by atoms with van der Waals surface area (Å²) in [4.78, 5) is 16.9. The van der Waals surface area contributed by atoms with Crippen molar-refractivity contribution in [2.75, 3.05) is 31.1 Å². The van der Waals surface area contributed by atoms with Crippen molar-refractivity contribution < 1.29 is 4.79 Å². The predicted octanol–water partition coefficient (Wildman–Crippen LogP) is 3.63. The van der Waals surface area contributed by atoms with E-state index in [1.807, 2.05) is 29.2 Å². The Bertz CT molecular complexity index is 770. The Kier molecular flexibility index (Phi) is 4.78. The van der Waals surface area contributed by atoms with Gasteiger partial charge in [-0.3, -0.25) is 9.89 Å². The molecule has 0 unspecified atom stereocenters. The fourth-order valence-electron chi connectivity index (χ4n) is 3.05. The highest BCUT2D eigenvalue weighted by Gasteiger charge is 2.26. The van der Waals surface area contributed by atoms with Gasteiger partial charge in [0.15, 0.2) is 0 Å². The molecule has 0 bridgehead atoms. The van der Waals surface area contributed by atoms with Crippen molar-refractivity contribution in [3.05, 3.63) is 46.2 Å². The van der Waals surface area contributed by atoms with Crippen molar-refractivity contribution >= 4 is 23.2 Å². The Labute approximate surface area is 154 Å². The number of carbonyl (C=O) groups is 1. The average molecular weight is 361 g/mol. The van der Waals surface area contributed by atoms with Gasteiger partial charge in [0.1, 0.15) is 5.69 Å². The highest BCUT2D eigenvalue weighted by atomic mass is 35.5. The zero-order valence-electron chi connectivity index (χ0n) is 15.3. The van der Waals surface area contributed by atoms with E-state index in [0.717, 1.165) is 29.5 Å². The van der Waals surface area contributed by atoms with Crippen LogP contribution in [-0.2, 0) is 5.41 Å². The van der Waals surface area contributed by atoms with Crippen LogP contribution in [0.25, 0.3) is 0 Å². The number of amides is 1. The minimum atomic E-state index is -0.0473. The van der Waals surface area contributed by atoms with Crippen molar-refractivity contribution in [3.63, 3.8) is 0 Å². The van der Waals surface area contributed by atoms with Gasteiger partial charge in [-0.15, -0.1) is 0 Å². The van der Waals surface area contributed by atoms with E-state index in [4.69, 9.17) is 11.6 Å². The first kappa shape index (κ1) is 17.8. The summed E-state index contributed by atoms with van der Waals surface area (Å²) in [5.41, 5.74) is 3.77. The molecule has 2 aromatic rings. The normalized spacial score (nSPS) is 15.6. The maximum Gasteiger partial charge on any atom is 0.274 e. The van der Waals surface area contributed by atoms with Gasteiger partial charge in [-0.1, -0.05) is 38.4 Å². The summed E-state index contributed by atoms with van der Waals surface area (Å²) in [5.74, 6) is -0.00536. The number of hydrogen-bond donors (Lipinski definition) is 1. The molecule has 6 heteroatoms. The van der Waals surface area contributed by atoms with Crippen molar-refractivity contribution in [3.8, 4) is 0 Å². The lowest BCUT2D eigenvalue weighted by molar-refractivity contribution is 0.0741. The van der Waals surface area contributed by atoms with E-state index in [2.05, 4.69) is 42.8 Å². The van der Waals surface area contributed by atoms with Crippen molar-refractivity contribution in [2.24, 2.45) is 0 Å². The molecule has 0 atom stereocenters. The molecule has 0 saturated carbocycles. The van der Waals surface area contributed by atoms with E-state index in [1.165, 1.54) is 5.56 Å². The SMILES string of the molecule is Cc1ccc(Cl)cc1N1CCN(C(=O)c2cc(C(C)(C)C)[nH]n2)CC1.